The summed E-state index contributed by atoms with van der Waals surface area (Å²) in [5.74, 6) is 0. The van der Waals surface area contributed by atoms with Crippen molar-refractivity contribution in [1.82, 2.24) is 4.98 Å². The monoisotopic (exact) mass is 198 g/mol. The van der Waals surface area contributed by atoms with E-state index in [1.54, 1.807) is 6.20 Å². The van der Waals surface area contributed by atoms with Crippen LogP contribution in [0.2, 0.25) is 0 Å². The lowest BCUT2D eigenvalue weighted by molar-refractivity contribution is 0.743. The number of rotatable bonds is 3. The molecular weight excluding hydrogens is 184 g/mol. The predicted molar refractivity (Wildman–Crippen MR) is 63.5 cm³/mol. The molecule has 1 aromatic carbocycles. The molecule has 1 aromatic heterocycles. The summed E-state index contributed by atoms with van der Waals surface area (Å²) >= 11 is 0. The molecule has 15 heavy (non-hydrogen) atoms. The standard InChI is InChI=1S/C13H14N2/c1-2-4-12(14)11-7-6-10-5-3-8-15-13(10)9-11/h2-3,5-9,12H,1,4,14H2. The van der Waals surface area contributed by atoms with Gasteiger partial charge in [0.1, 0.15) is 0 Å². The Bertz CT molecular complexity index is 477. The van der Waals surface area contributed by atoms with Gasteiger partial charge in [0.15, 0.2) is 0 Å². The van der Waals surface area contributed by atoms with Gasteiger partial charge in [0.25, 0.3) is 0 Å². The second-order valence-electron chi connectivity index (χ2n) is 3.59. The van der Waals surface area contributed by atoms with E-state index in [-0.39, 0.29) is 6.04 Å². The van der Waals surface area contributed by atoms with E-state index >= 15 is 0 Å². The van der Waals surface area contributed by atoms with Gasteiger partial charge >= 0.3 is 0 Å². The van der Waals surface area contributed by atoms with Crippen molar-refractivity contribution >= 4 is 10.9 Å². The number of nitrogens with two attached hydrogens (primary N) is 1. The van der Waals surface area contributed by atoms with Crippen molar-refractivity contribution in [1.29, 1.82) is 0 Å². The number of nitrogens with zero attached hydrogens (tertiary/aromatic N) is 1. The van der Waals surface area contributed by atoms with Crippen molar-refractivity contribution in [2.75, 3.05) is 0 Å². The topological polar surface area (TPSA) is 38.9 Å². The van der Waals surface area contributed by atoms with Gasteiger partial charge < -0.3 is 5.73 Å². The van der Waals surface area contributed by atoms with Crippen molar-refractivity contribution in [2.45, 2.75) is 12.5 Å². The normalized spacial score (nSPS) is 12.6. The van der Waals surface area contributed by atoms with Crippen LogP contribution in [0.4, 0.5) is 0 Å². The Kier molecular flexibility index (Phi) is 2.79. The summed E-state index contributed by atoms with van der Waals surface area (Å²) < 4.78 is 0. The van der Waals surface area contributed by atoms with Crippen molar-refractivity contribution in [3.8, 4) is 0 Å². The molecule has 2 nitrogen and oxygen atoms in total. The van der Waals surface area contributed by atoms with Crippen LogP contribution < -0.4 is 5.73 Å². The van der Waals surface area contributed by atoms with Gasteiger partial charge in [0.2, 0.25) is 0 Å². The Balaban J connectivity index is 2.42. The summed E-state index contributed by atoms with van der Waals surface area (Å²) in [7, 11) is 0. The van der Waals surface area contributed by atoms with Crippen LogP contribution in [0.25, 0.3) is 10.9 Å². The molecule has 0 saturated heterocycles. The number of hydrogen-bond acceptors (Lipinski definition) is 2. The SMILES string of the molecule is C=CCC(N)c1ccc2cccnc2c1. The average Bonchev–Trinajstić information content (AvgIpc) is 2.29. The molecule has 0 amide bonds. The molecule has 0 aliphatic heterocycles. The second-order valence-corrected chi connectivity index (χ2v) is 3.59. The smallest absolute Gasteiger partial charge is 0.0705 e. The van der Waals surface area contributed by atoms with Gasteiger partial charge in [-0.3, -0.25) is 4.98 Å². The van der Waals surface area contributed by atoms with Gasteiger partial charge in [-0.25, -0.2) is 0 Å². The number of hydrogen-bond donors (Lipinski definition) is 1. The molecule has 2 aromatic rings. The van der Waals surface area contributed by atoms with E-state index in [4.69, 9.17) is 5.73 Å². The Hall–Kier alpha value is -1.67. The molecule has 2 rings (SSSR count). The van der Waals surface area contributed by atoms with Crippen LogP contribution in [0, 0.1) is 0 Å². The largest absolute Gasteiger partial charge is 0.324 e. The highest BCUT2D eigenvalue weighted by Crippen LogP contribution is 2.19. The fourth-order valence-corrected chi connectivity index (χ4v) is 1.63. The van der Waals surface area contributed by atoms with Crippen LogP contribution in [-0.4, -0.2) is 4.98 Å². The van der Waals surface area contributed by atoms with Crippen LogP contribution in [-0.2, 0) is 0 Å². The molecule has 0 aliphatic rings. The van der Waals surface area contributed by atoms with E-state index in [1.165, 1.54) is 0 Å². The van der Waals surface area contributed by atoms with Crippen LogP contribution in [0.1, 0.15) is 18.0 Å². The summed E-state index contributed by atoms with van der Waals surface area (Å²) in [6, 6.07) is 10.2. The highest BCUT2D eigenvalue weighted by Gasteiger charge is 2.04. The maximum atomic E-state index is 6.00. The summed E-state index contributed by atoms with van der Waals surface area (Å²) in [4.78, 5) is 4.30. The highest BCUT2D eigenvalue weighted by molar-refractivity contribution is 5.78. The third kappa shape index (κ3) is 2.05. The van der Waals surface area contributed by atoms with Crippen LogP contribution in [0.5, 0.6) is 0 Å². The summed E-state index contributed by atoms with van der Waals surface area (Å²) in [5, 5.41) is 1.15. The first-order chi connectivity index (χ1) is 7.31. The van der Waals surface area contributed by atoms with Crippen molar-refractivity contribution in [3.05, 3.63) is 54.7 Å². The zero-order valence-corrected chi connectivity index (χ0v) is 8.56. The molecule has 0 aliphatic carbocycles. The minimum atomic E-state index is 0.0221. The van der Waals surface area contributed by atoms with Crippen molar-refractivity contribution in [2.24, 2.45) is 5.73 Å². The predicted octanol–water partition coefficient (Wildman–Crippen LogP) is 2.81. The van der Waals surface area contributed by atoms with Gasteiger partial charge in [-0.15, -0.1) is 6.58 Å². The van der Waals surface area contributed by atoms with Crippen LogP contribution in [0.15, 0.2) is 49.2 Å². The molecule has 0 spiro atoms. The Morgan fingerprint density at radius 1 is 1.40 bits per heavy atom. The van der Waals surface area contributed by atoms with E-state index in [0.29, 0.717) is 0 Å². The van der Waals surface area contributed by atoms with Gasteiger partial charge in [-0.2, -0.15) is 0 Å². The Morgan fingerprint density at radius 2 is 2.27 bits per heavy atom. The third-order valence-corrected chi connectivity index (χ3v) is 2.48. The molecule has 2 N–H and O–H groups in total. The fraction of sp³-hybridized carbons (Fsp3) is 0.154. The molecule has 76 valence electrons. The minimum Gasteiger partial charge on any atom is -0.324 e. The molecule has 0 radical (unpaired) electrons. The van der Waals surface area contributed by atoms with E-state index < -0.39 is 0 Å². The molecule has 1 heterocycles. The first-order valence-corrected chi connectivity index (χ1v) is 5.02. The number of fused-ring (bicyclic) bond motifs is 1. The molecule has 1 atom stereocenters. The molecule has 1 unspecified atom stereocenters. The van der Waals surface area contributed by atoms with Crippen LogP contribution in [0.3, 0.4) is 0 Å². The molecule has 0 fully saturated rings. The van der Waals surface area contributed by atoms with E-state index in [1.807, 2.05) is 24.3 Å². The summed E-state index contributed by atoms with van der Waals surface area (Å²) in [6.45, 7) is 3.69. The second kappa shape index (κ2) is 4.24. The van der Waals surface area contributed by atoms with Crippen molar-refractivity contribution in [3.63, 3.8) is 0 Å². The lowest BCUT2D eigenvalue weighted by atomic mass is 10.0. The first kappa shape index (κ1) is 9.87. The number of benzene rings is 1. The van der Waals surface area contributed by atoms with Crippen molar-refractivity contribution < 1.29 is 0 Å². The fourth-order valence-electron chi connectivity index (χ4n) is 1.63. The number of aromatic nitrogens is 1. The summed E-state index contributed by atoms with van der Waals surface area (Å²) in [6.07, 6.45) is 4.43. The van der Waals surface area contributed by atoms with Gasteiger partial charge in [0, 0.05) is 17.6 Å². The Morgan fingerprint density at radius 3 is 3.07 bits per heavy atom. The molecule has 2 heteroatoms. The van der Waals surface area contributed by atoms with E-state index in [0.717, 1.165) is 22.9 Å². The number of pyridine rings is 1. The molecular formula is C13H14N2. The maximum absolute atomic E-state index is 6.00. The Labute approximate surface area is 89.4 Å². The van der Waals surface area contributed by atoms with Gasteiger partial charge in [0.05, 0.1) is 5.52 Å². The van der Waals surface area contributed by atoms with Crippen LogP contribution >= 0.6 is 0 Å². The quantitative estimate of drug-likeness (QED) is 0.770. The average molecular weight is 198 g/mol. The highest BCUT2D eigenvalue weighted by atomic mass is 14.7. The zero-order chi connectivity index (χ0) is 10.7. The molecule has 0 saturated carbocycles. The van der Waals surface area contributed by atoms with E-state index in [9.17, 15) is 0 Å². The maximum Gasteiger partial charge on any atom is 0.0705 e. The third-order valence-electron chi connectivity index (χ3n) is 2.48. The minimum absolute atomic E-state index is 0.0221. The van der Waals surface area contributed by atoms with Gasteiger partial charge in [-0.05, 0) is 24.1 Å². The zero-order valence-electron chi connectivity index (χ0n) is 8.56. The van der Waals surface area contributed by atoms with Gasteiger partial charge in [-0.1, -0.05) is 24.3 Å². The first-order valence-electron chi connectivity index (χ1n) is 5.02. The summed E-state index contributed by atoms with van der Waals surface area (Å²) in [5.41, 5.74) is 8.10. The van der Waals surface area contributed by atoms with E-state index in [2.05, 4.69) is 23.7 Å². The molecule has 0 bridgehead atoms. The lowest BCUT2D eigenvalue weighted by Crippen LogP contribution is -2.08. The lowest BCUT2D eigenvalue weighted by Gasteiger charge is -2.09.